The van der Waals surface area contributed by atoms with Crippen LogP contribution >= 0.6 is 23.1 Å². The fourth-order valence-electron chi connectivity index (χ4n) is 3.19. The molecule has 0 unspecified atom stereocenters. The predicted octanol–water partition coefficient (Wildman–Crippen LogP) is 7.07. The molecule has 33 heavy (non-hydrogen) atoms. The van der Waals surface area contributed by atoms with Crippen LogP contribution in [0.2, 0.25) is 0 Å². The summed E-state index contributed by atoms with van der Waals surface area (Å²) in [4.78, 5) is 18.0. The first kappa shape index (κ1) is 22.8. The van der Waals surface area contributed by atoms with Gasteiger partial charge in [0.05, 0.1) is 12.8 Å². The first-order valence-corrected chi connectivity index (χ1v) is 12.3. The molecule has 6 heteroatoms. The molecule has 0 aliphatic rings. The number of nitrogens with one attached hydrogen (secondary N) is 1. The van der Waals surface area contributed by atoms with Gasteiger partial charge >= 0.3 is 0 Å². The molecule has 0 saturated heterocycles. The fourth-order valence-corrected chi connectivity index (χ4v) is 4.75. The number of thiazole rings is 1. The molecule has 4 nitrogen and oxygen atoms in total. The number of amides is 1. The maximum atomic E-state index is 12.3. The third-order valence-electron chi connectivity index (χ3n) is 4.92. The van der Waals surface area contributed by atoms with E-state index in [1.807, 2.05) is 47.9 Å². The summed E-state index contributed by atoms with van der Waals surface area (Å²) in [6.07, 6.45) is 3.34. The number of benzene rings is 3. The molecule has 0 spiro atoms. The standard InChI is InChI=1S/C27H24N2O2S2/c1-19-4-3-5-21(16-19)17-32-24-13-6-20(7-14-24)8-15-26(30)29-27-28-25(18-33-27)22-9-11-23(31-2)12-10-22/h3-16,18H,17H2,1-2H3,(H,28,29,30)/b15-8+. The van der Waals surface area contributed by atoms with E-state index in [9.17, 15) is 4.79 Å². The number of anilines is 1. The van der Waals surface area contributed by atoms with Crippen LogP contribution in [0.25, 0.3) is 17.3 Å². The highest BCUT2D eigenvalue weighted by atomic mass is 32.2. The van der Waals surface area contributed by atoms with Gasteiger partial charge in [-0.05, 0) is 60.5 Å². The van der Waals surface area contributed by atoms with Crippen LogP contribution in [0.3, 0.4) is 0 Å². The average molecular weight is 473 g/mol. The minimum absolute atomic E-state index is 0.205. The number of hydrogen-bond acceptors (Lipinski definition) is 5. The van der Waals surface area contributed by atoms with Gasteiger partial charge in [-0.3, -0.25) is 10.1 Å². The van der Waals surface area contributed by atoms with Crippen LogP contribution < -0.4 is 10.1 Å². The topological polar surface area (TPSA) is 51.2 Å². The van der Waals surface area contributed by atoms with E-state index >= 15 is 0 Å². The number of rotatable bonds is 8. The Labute approximate surface area is 202 Å². The zero-order chi connectivity index (χ0) is 23.0. The summed E-state index contributed by atoms with van der Waals surface area (Å²) in [5.74, 6) is 1.53. The third-order valence-corrected chi connectivity index (χ3v) is 6.76. The molecule has 0 radical (unpaired) electrons. The van der Waals surface area contributed by atoms with Gasteiger partial charge in [-0.2, -0.15) is 0 Å². The molecule has 0 atom stereocenters. The van der Waals surface area contributed by atoms with Gasteiger partial charge in [-0.25, -0.2) is 4.98 Å². The molecule has 0 aliphatic carbocycles. The summed E-state index contributed by atoms with van der Waals surface area (Å²) in [5, 5.41) is 5.32. The van der Waals surface area contributed by atoms with Crippen molar-refractivity contribution in [1.82, 2.24) is 4.98 Å². The lowest BCUT2D eigenvalue weighted by atomic mass is 10.2. The first-order chi connectivity index (χ1) is 16.1. The largest absolute Gasteiger partial charge is 0.497 e. The van der Waals surface area contributed by atoms with Crippen LogP contribution in [0.4, 0.5) is 5.13 Å². The number of carbonyl (C=O) groups excluding carboxylic acids is 1. The minimum Gasteiger partial charge on any atom is -0.497 e. The van der Waals surface area contributed by atoms with E-state index in [1.165, 1.54) is 33.4 Å². The Morgan fingerprint density at radius 1 is 1.09 bits per heavy atom. The van der Waals surface area contributed by atoms with Gasteiger partial charge in [0.1, 0.15) is 5.75 Å². The summed E-state index contributed by atoms with van der Waals surface area (Å²) in [5.41, 5.74) is 5.37. The third kappa shape index (κ3) is 6.57. The predicted molar refractivity (Wildman–Crippen MR) is 139 cm³/mol. The molecule has 166 valence electrons. The van der Waals surface area contributed by atoms with E-state index in [0.29, 0.717) is 5.13 Å². The second kappa shape index (κ2) is 11.0. The van der Waals surface area contributed by atoms with E-state index in [-0.39, 0.29) is 5.91 Å². The van der Waals surface area contributed by atoms with Crippen molar-refractivity contribution in [2.24, 2.45) is 0 Å². The van der Waals surface area contributed by atoms with Crippen molar-refractivity contribution >= 4 is 40.2 Å². The lowest BCUT2D eigenvalue weighted by Crippen LogP contribution is -2.07. The summed E-state index contributed by atoms with van der Waals surface area (Å²) >= 11 is 3.20. The quantitative estimate of drug-likeness (QED) is 0.220. The molecule has 4 rings (SSSR count). The molecule has 0 fully saturated rings. The number of aryl methyl sites for hydroxylation is 1. The lowest BCUT2D eigenvalue weighted by molar-refractivity contribution is -0.111. The molecule has 0 saturated carbocycles. The lowest BCUT2D eigenvalue weighted by Gasteiger charge is -2.04. The van der Waals surface area contributed by atoms with Crippen LogP contribution in [0.5, 0.6) is 5.75 Å². The molecule has 1 amide bonds. The average Bonchev–Trinajstić information content (AvgIpc) is 3.30. The summed E-state index contributed by atoms with van der Waals surface area (Å²) in [6.45, 7) is 2.11. The molecule has 0 aliphatic heterocycles. The molecule has 1 heterocycles. The highest BCUT2D eigenvalue weighted by molar-refractivity contribution is 7.98. The summed E-state index contributed by atoms with van der Waals surface area (Å²) in [6, 6.07) is 24.5. The number of thioether (sulfide) groups is 1. The number of carbonyl (C=O) groups is 1. The Balaban J connectivity index is 1.30. The van der Waals surface area contributed by atoms with E-state index in [4.69, 9.17) is 4.74 Å². The Morgan fingerprint density at radius 2 is 1.88 bits per heavy atom. The Hall–Kier alpha value is -3.35. The SMILES string of the molecule is COc1ccc(-c2csc(NC(=O)/C=C/c3ccc(SCc4cccc(C)c4)cc3)n2)cc1. The van der Waals surface area contributed by atoms with E-state index in [1.54, 1.807) is 18.9 Å². The van der Waals surface area contributed by atoms with Crippen LogP contribution in [0.1, 0.15) is 16.7 Å². The van der Waals surface area contributed by atoms with Crippen molar-refractivity contribution < 1.29 is 9.53 Å². The smallest absolute Gasteiger partial charge is 0.250 e. The molecule has 1 aromatic heterocycles. The minimum atomic E-state index is -0.205. The second-order valence-corrected chi connectivity index (χ2v) is 9.34. The maximum Gasteiger partial charge on any atom is 0.250 e. The first-order valence-electron chi connectivity index (χ1n) is 10.5. The Morgan fingerprint density at radius 3 is 2.61 bits per heavy atom. The van der Waals surface area contributed by atoms with Crippen molar-refractivity contribution in [3.8, 4) is 17.0 Å². The van der Waals surface area contributed by atoms with E-state index in [2.05, 4.69) is 53.6 Å². The highest BCUT2D eigenvalue weighted by Gasteiger charge is 2.07. The molecular formula is C27H24N2O2S2. The highest BCUT2D eigenvalue weighted by Crippen LogP contribution is 2.27. The number of ether oxygens (including phenoxy) is 1. The fraction of sp³-hybridized carbons (Fsp3) is 0.111. The molecular weight excluding hydrogens is 448 g/mol. The van der Waals surface area contributed by atoms with E-state index < -0.39 is 0 Å². The van der Waals surface area contributed by atoms with Crippen molar-refractivity contribution in [1.29, 1.82) is 0 Å². The summed E-state index contributed by atoms with van der Waals surface area (Å²) < 4.78 is 5.18. The van der Waals surface area contributed by atoms with Crippen molar-refractivity contribution in [3.05, 3.63) is 101 Å². The second-order valence-electron chi connectivity index (χ2n) is 7.44. The molecule has 3 aromatic carbocycles. The van der Waals surface area contributed by atoms with Crippen LogP contribution in [-0.4, -0.2) is 18.0 Å². The van der Waals surface area contributed by atoms with Crippen molar-refractivity contribution in [2.75, 3.05) is 12.4 Å². The van der Waals surface area contributed by atoms with Gasteiger partial charge in [0.25, 0.3) is 0 Å². The monoisotopic (exact) mass is 472 g/mol. The number of aromatic nitrogens is 1. The number of hydrogen-bond donors (Lipinski definition) is 1. The zero-order valence-corrected chi connectivity index (χ0v) is 20.1. The van der Waals surface area contributed by atoms with Crippen molar-refractivity contribution in [3.63, 3.8) is 0 Å². The maximum absolute atomic E-state index is 12.3. The number of nitrogens with zero attached hydrogens (tertiary/aromatic N) is 1. The number of methoxy groups -OCH3 is 1. The van der Waals surface area contributed by atoms with Gasteiger partial charge in [0, 0.05) is 27.7 Å². The Bertz CT molecular complexity index is 1250. The van der Waals surface area contributed by atoms with Crippen LogP contribution in [0, 0.1) is 6.92 Å². The van der Waals surface area contributed by atoms with Gasteiger partial charge < -0.3 is 4.74 Å². The van der Waals surface area contributed by atoms with Crippen LogP contribution in [-0.2, 0) is 10.5 Å². The molecule has 4 aromatic rings. The normalized spacial score (nSPS) is 11.0. The Kier molecular flexibility index (Phi) is 7.60. The molecule has 1 N–H and O–H groups in total. The summed E-state index contributed by atoms with van der Waals surface area (Å²) in [7, 11) is 1.64. The molecule has 0 bridgehead atoms. The van der Waals surface area contributed by atoms with Gasteiger partial charge in [-0.15, -0.1) is 23.1 Å². The van der Waals surface area contributed by atoms with Gasteiger partial charge in [0.2, 0.25) is 5.91 Å². The van der Waals surface area contributed by atoms with Crippen molar-refractivity contribution in [2.45, 2.75) is 17.6 Å². The van der Waals surface area contributed by atoms with E-state index in [0.717, 1.165) is 28.3 Å². The van der Waals surface area contributed by atoms with Crippen LogP contribution in [0.15, 0.2) is 89.1 Å². The van der Waals surface area contributed by atoms with Gasteiger partial charge in [0.15, 0.2) is 5.13 Å². The van der Waals surface area contributed by atoms with Gasteiger partial charge in [-0.1, -0.05) is 42.0 Å². The zero-order valence-electron chi connectivity index (χ0n) is 18.4.